The van der Waals surface area contributed by atoms with Gasteiger partial charge in [-0.05, 0) is 25.0 Å². The monoisotopic (exact) mass is 254 g/mol. The molecule has 0 atom stereocenters. The van der Waals surface area contributed by atoms with Crippen LogP contribution in [0.1, 0.15) is 11.3 Å². The maximum absolute atomic E-state index is 10.8. The molecule has 0 bridgehead atoms. The molecule has 0 spiro atoms. The molecular weight excluding hydrogens is 240 g/mol. The third kappa shape index (κ3) is 3.04. The zero-order valence-corrected chi connectivity index (χ0v) is 10.5. The number of hydrogen-bond acceptors (Lipinski definition) is 4. The lowest BCUT2D eigenvalue weighted by molar-refractivity contribution is 0.326. The first kappa shape index (κ1) is 12.1. The van der Waals surface area contributed by atoms with Crippen LogP contribution in [-0.2, 0) is 20.7 Å². The van der Waals surface area contributed by atoms with Gasteiger partial charge in [0.1, 0.15) is 0 Å². The van der Waals surface area contributed by atoms with Gasteiger partial charge >= 0.3 is 0 Å². The fourth-order valence-electron chi connectivity index (χ4n) is 1.66. The largest absolute Gasteiger partial charge is 0.282 e. The summed E-state index contributed by atoms with van der Waals surface area (Å²) < 4.78 is 26.3. The van der Waals surface area contributed by atoms with Crippen molar-refractivity contribution in [3.05, 3.63) is 29.5 Å². The standard InChI is InChI=1S/C11H14N2O3S/c1-8-10-4-3-9(7-11(10)13-12-8)5-6-16-17(2,14)15/h3-4,7H,5-6H2,1-2H3,(H,12,13). The SMILES string of the molecule is Cc1[nH]nc2cc(CCOS(C)(=O)=O)ccc12. The van der Waals surface area contributed by atoms with Gasteiger partial charge in [-0.25, -0.2) is 0 Å². The van der Waals surface area contributed by atoms with E-state index in [0.29, 0.717) is 6.42 Å². The van der Waals surface area contributed by atoms with E-state index >= 15 is 0 Å². The fourth-order valence-corrected chi connectivity index (χ4v) is 2.04. The van der Waals surface area contributed by atoms with Crippen LogP contribution in [0.25, 0.3) is 10.9 Å². The molecule has 0 aliphatic rings. The maximum atomic E-state index is 10.8. The molecule has 0 amide bonds. The Balaban J connectivity index is 2.09. The summed E-state index contributed by atoms with van der Waals surface area (Å²) in [7, 11) is -3.35. The van der Waals surface area contributed by atoms with E-state index in [0.717, 1.165) is 28.4 Å². The Labute approximate surface area is 99.9 Å². The van der Waals surface area contributed by atoms with Crippen LogP contribution in [0.4, 0.5) is 0 Å². The Morgan fingerprint density at radius 1 is 1.41 bits per heavy atom. The van der Waals surface area contributed by atoms with Crippen molar-refractivity contribution in [3.8, 4) is 0 Å². The van der Waals surface area contributed by atoms with Gasteiger partial charge in [-0.15, -0.1) is 0 Å². The van der Waals surface area contributed by atoms with Gasteiger partial charge in [0.05, 0.1) is 18.4 Å². The molecule has 1 aromatic heterocycles. The number of nitrogens with zero attached hydrogens (tertiary/aromatic N) is 1. The first-order valence-electron chi connectivity index (χ1n) is 5.24. The third-order valence-corrected chi connectivity index (χ3v) is 3.09. The van der Waals surface area contributed by atoms with Crippen molar-refractivity contribution in [3.63, 3.8) is 0 Å². The van der Waals surface area contributed by atoms with Gasteiger partial charge < -0.3 is 0 Å². The van der Waals surface area contributed by atoms with Crippen LogP contribution >= 0.6 is 0 Å². The molecule has 92 valence electrons. The minimum Gasteiger partial charge on any atom is -0.282 e. The summed E-state index contributed by atoms with van der Waals surface area (Å²) in [4.78, 5) is 0. The number of aromatic nitrogens is 2. The number of nitrogens with one attached hydrogen (secondary N) is 1. The summed E-state index contributed by atoms with van der Waals surface area (Å²) >= 11 is 0. The minimum atomic E-state index is -3.35. The molecule has 0 radical (unpaired) electrons. The molecule has 1 aromatic carbocycles. The number of hydrogen-bond donors (Lipinski definition) is 1. The molecular formula is C11H14N2O3S. The molecule has 0 saturated heterocycles. The van der Waals surface area contributed by atoms with Crippen LogP contribution < -0.4 is 0 Å². The Hall–Kier alpha value is -1.40. The number of H-pyrrole nitrogens is 1. The molecule has 0 unspecified atom stereocenters. The highest BCUT2D eigenvalue weighted by molar-refractivity contribution is 7.85. The van der Waals surface area contributed by atoms with Crippen molar-refractivity contribution in [2.45, 2.75) is 13.3 Å². The topological polar surface area (TPSA) is 72.0 Å². The van der Waals surface area contributed by atoms with Gasteiger partial charge in [0.2, 0.25) is 0 Å². The van der Waals surface area contributed by atoms with Crippen molar-refractivity contribution in [2.24, 2.45) is 0 Å². The number of aryl methyl sites for hydroxylation is 1. The van der Waals surface area contributed by atoms with Gasteiger partial charge in [0.15, 0.2) is 0 Å². The Morgan fingerprint density at radius 3 is 2.88 bits per heavy atom. The van der Waals surface area contributed by atoms with Crippen LogP contribution in [0, 0.1) is 6.92 Å². The van der Waals surface area contributed by atoms with Crippen LogP contribution in [-0.4, -0.2) is 31.5 Å². The summed E-state index contributed by atoms with van der Waals surface area (Å²) in [6.45, 7) is 2.12. The second-order valence-corrected chi connectivity index (χ2v) is 5.62. The normalized spacial score (nSPS) is 12.1. The lowest BCUT2D eigenvalue weighted by Gasteiger charge is -2.01. The smallest absolute Gasteiger partial charge is 0.264 e. The van der Waals surface area contributed by atoms with E-state index in [9.17, 15) is 8.42 Å². The van der Waals surface area contributed by atoms with Gasteiger partial charge in [0.25, 0.3) is 10.1 Å². The second kappa shape index (κ2) is 4.46. The van der Waals surface area contributed by atoms with Gasteiger partial charge in [0, 0.05) is 11.1 Å². The summed E-state index contributed by atoms with van der Waals surface area (Å²) in [5.74, 6) is 0. The fraction of sp³-hybridized carbons (Fsp3) is 0.364. The lowest BCUT2D eigenvalue weighted by atomic mass is 10.1. The number of rotatable bonds is 4. The van der Waals surface area contributed by atoms with Crippen molar-refractivity contribution < 1.29 is 12.6 Å². The predicted octanol–water partition coefficient (Wildman–Crippen LogP) is 1.39. The highest BCUT2D eigenvalue weighted by atomic mass is 32.2. The van der Waals surface area contributed by atoms with Gasteiger partial charge in [-0.1, -0.05) is 12.1 Å². The summed E-state index contributed by atoms with van der Waals surface area (Å²) in [5, 5.41) is 8.14. The van der Waals surface area contributed by atoms with Crippen molar-refractivity contribution in [1.82, 2.24) is 10.2 Å². The van der Waals surface area contributed by atoms with Crippen molar-refractivity contribution in [1.29, 1.82) is 0 Å². The zero-order chi connectivity index (χ0) is 12.5. The van der Waals surface area contributed by atoms with E-state index in [1.165, 1.54) is 0 Å². The molecule has 0 fully saturated rings. The summed E-state index contributed by atoms with van der Waals surface area (Å²) in [6, 6.07) is 5.87. The average Bonchev–Trinajstić information content (AvgIpc) is 2.58. The van der Waals surface area contributed by atoms with Gasteiger partial charge in [-0.2, -0.15) is 13.5 Å². The molecule has 5 nitrogen and oxygen atoms in total. The summed E-state index contributed by atoms with van der Waals surface area (Å²) in [5.41, 5.74) is 2.92. The number of fused-ring (bicyclic) bond motifs is 1. The van der Waals surface area contributed by atoms with Crippen molar-refractivity contribution >= 4 is 21.0 Å². The van der Waals surface area contributed by atoms with Crippen LogP contribution in [0.2, 0.25) is 0 Å². The van der Waals surface area contributed by atoms with Gasteiger partial charge in [-0.3, -0.25) is 9.28 Å². The van der Waals surface area contributed by atoms with Crippen LogP contribution in [0.5, 0.6) is 0 Å². The lowest BCUT2D eigenvalue weighted by Crippen LogP contribution is -2.06. The van der Waals surface area contributed by atoms with E-state index in [2.05, 4.69) is 10.2 Å². The second-order valence-electron chi connectivity index (χ2n) is 3.98. The van der Waals surface area contributed by atoms with E-state index in [1.54, 1.807) is 0 Å². The van der Waals surface area contributed by atoms with Crippen LogP contribution in [0.15, 0.2) is 18.2 Å². The number of benzene rings is 1. The molecule has 17 heavy (non-hydrogen) atoms. The quantitative estimate of drug-likeness (QED) is 0.837. The number of aromatic amines is 1. The van der Waals surface area contributed by atoms with Crippen LogP contribution in [0.3, 0.4) is 0 Å². The average molecular weight is 254 g/mol. The summed E-state index contributed by atoms with van der Waals surface area (Å²) in [6.07, 6.45) is 1.60. The molecule has 1 heterocycles. The molecule has 2 aromatic rings. The van der Waals surface area contributed by atoms with E-state index in [-0.39, 0.29) is 6.61 Å². The Kier molecular flexibility index (Phi) is 3.17. The molecule has 0 aliphatic carbocycles. The first-order chi connectivity index (χ1) is 7.96. The van der Waals surface area contributed by atoms with E-state index in [1.807, 2.05) is 25.1 Å². The van der Waals surface area contributed by atoms with Crippen molar-refractivity contribution in [2.75, 3.05) is 12.9 Å². The molecule has 0 saturated carbocycles. The third-order valence-electron chi connectivity index (χ3n) is 2.50. The Bertz CT molecular complexity index is 631. The minimum absolute atomic E-state index is 0.160. The highest BCUT2D eigenvalue weighted by Gasteiger charge is 2.04. The maximum Gasteiger partial charge on any atom is 0.264 e. The zero-order valence-electron chi connectivity index (χ0n) is 9.73. The highest BCUT2D eigenvalue weighted by Crippen LogP contribution is 2.17. The molecule has 1 N–H and O–H groups in total. The van der Waals surface area contributed by atoms with E-state index < -0.39 is 10.1 Å². The predicted molar refractivity (Wildman–Crippen MR) is 65.3 cm³/mol. The molecule has 0 aliphatic heterocycles. The molecule has 6 heteroatoms. The van der Waals surface area contributed by atoms with E-state index in [4.69, 9.17) is 4.18 Å². The first-order valence-corrected chi connectivity index (χ1v) is 7.05. The molecule has 2 rings (SSSR count). The Morgan fingerprint density at radius 2 is 2.18 bits per heavy atom.